The van der Waals surface area contributed by atoms with E-state index in [2.05, 4.69) is 27.2 Å². The molecule has 9 nitrogen and oxygen atoms in total. The minimum Gasteiger partial charge on any atom is -0.444 e. The van der Waals surface area contributed by atoms with Crippen molar-refractivity contribution in [2.45, 2.75) is 52.7 Å². The minimum atomic E-state index is -0.594. The van der Waals surface area contributed by atoms with E-state index in [0.717, 1.165) is 16.8 Å². The number of aromatic nitrogens is 4. The topological polar surface area (TPSA) is 120 Å². The van der Waals surface area contributed by atoms with Crippen LogP contribution < -0.4 is 16.4 Å². The zero-order valence-electron chi connectivity index (χ0n) is 19.5. The lowest BCUT2D eigenvalue weighted by molar-refractivity contribution is 0.0541. The van der Waals surface area contributed by atoms with Gasteiger partial charge in [-0.25, -0.2) is 19.4 Å². The third-order valence-corrected chi connectivity index (χ3v) is 4.78. The zero-order chi connectivity index (χ0) is 23.7. The zero-order valence-corrected chi connectivity index (χ0v) is 19.5. The Labute approximate surface area is 188 Å². The van der Waals surface area contributed by atoms with E-state index in [0.29, 0.717) is 29.2 Å². The Balaban J connectivity index is 1.86. The van der Waals surface area contributed by atoms with Crippen LogP contribution in [0.4, 0.5) is 10.6 Å². The van der Waals surface area contributed by atoms with Gasteiger partial charge in [-0.05, 0) is 41.5 Å². The summed E-state index contributed by atoms with van der Waals surface area (Å²) in [5.74, 6) is 0.702. The van der Waals surface area contributed by atoms with Crippen LogP contribution in [0.2, 0.25) is 0 Å². The number of benzene rings is 1. The maximum atomic E-state index is 12.0. The fourth-order valence-electron chi connectivity index (χ4n) is 3.18. The summed E-state index contributed by atoms with van der Waals surface area (Å²) in [6.45, 7) is 15.7. The van der Waals surface area contributed by atoms with E-state index in [1.807, 2.05) is 49.7 Å². The van der Waals surface area contributed by atoms with Crippen LogP contribution in [0.25, 0.3) is 22.3 Å². The fraction of sp³-hybridized carbons (Fsp3) is 0.391. The number of nitrogen functional groups attached to an aromatic ring is 1. The second-order valence-electron chi connectivity index (χ2n) is 9.36. The lowest BCUT2D eigenvalue weighted by atomic mass is 10.1. The molecule has 3 rings (SSSR count). The first kappa shape index (κ1) is 23.1. The summed E-state index contributed by atoms with van der Waals surface area (Å²) >= 11 is 0. The summed E-state index contributed by atoms with van der Waals surface area (Å²) in [6, 6.07) is 8.07. The molecule has 32 heavy (non-hydrogen) atoms. The summed E-state index contributed by atoms with van der Waals surface area (Å²) in [5, 5.41) is 11.3. The number of hydrogen-bond acceptors (Lipinski definition) is 7. The smallest absolute Gasteiger partial charge is 0.413 e. The Morgan fingerprint density at radius 2 is 1.81 bits per heavy atom. The molecule has 0 saturated heterocycles. The van der Waals surface area contributed by atoms with E-state index in [1.54, 1.807) is 20.8 Å². The summed E-state index contributed by atoms with van der Waals surface area (Å²) in [5.41, 5.74) is 8.51. The molecule has 0 radical (unpaired) electrons. The molecule has 2 aromatic heterocycles. The van der Waals surface area contributed by atoms with Crippen LogP contribution in [0.15, 0.2) is 43.0 Å². The van der Waals surface area contributed by atoms with Crippen molar-refractivity contribution in [1.82, 2.24) is 30.4 Å². The van der Waals surface area contributed by atoms with E-state index in [-0.39, 0.29) is 0 Å². The number of rotatable bonds is 6. The number of aryl methyl sites for hydroxylation is 1. The molecule has 9 heteroatoms. The number of anilines is 1. The van der Waals surface area contributed by atoms with Crippen molar-refractivity contribution in [3.8, 4) is 11.3 Å². The highest BCUT2D eigenvalue weighted by Crippen LogP contribution is 2.33. The predicted octanol–water partition coefficient (Wildman–Crippen LogP) is 3.70. The average molecular weight is 438 g/mol. The van der Waals surface area contributed by atoms with Crippen LogP contribution in [0, 0.1) is 6.92 Å². The van der Waals surface area contributed by atoms with Crippen LogP contribution in [0.3, 0.4) is 0 Å². The highest BCUT2D eigenvalue weighted by molar-refractivity contribution is 5.98. The van der Waals surface area contributed by atoms with Gasteiger partial charge in [0.05, 0.1) is 10.9 Å². The lowest BCUT2D eigenvalue weighted by Crippen LogP contribution is -2.42. The highest BCUT2D eigenvalue weighted by atomic mass is 16.6. The van der Waals surface area contributed by atoms with Crippen molar-refractivity contribution in [1.29, 1.82) is 0 Å². The molecule has 0 aliphatic heterocycles. The van der Waals surface area contributed by atoms with Gasteiger partial charge in [0.1, 0.15) is 29.3 Å². The SMILES string of the molecule is C=C(NCC(C)(C)n1nc(-c2ccc(C)cc2)c2c(N)ncnc21)NC(=O)OC(C)(C)C. The van der Waals surface area contributed by atoms with E-state index in [9.17, 15) is 4.79 Å². The standard InChI is InChI=1S/C23H31N7O2/c1-14-8-10-16(11-9-14)18-17-19(24)26-13-27-20(17)30(29-18)23(6,7)12-25-15(2)28-21(31)32-22(3,4)5/h8-11,13,25H,2,12H2,1,3-7H3,(H,28,31)(H2,24,26,27). The Hall–Kier alpha value is -3.62. The normalized spacial score (nSPS) is 11.9. The maximum Gasteiger partial charge on any atom is 0.413 e. The largest absolute Gasteiger partial charge is 0.444 e. The highest BCUT2D eigenvalue weighted by Gasteiger charge is 2.28. The predicted molar refractivity (Wildman–Crippen MR) is 126 cm³/mol. The summed E-state index contributed by atoms with van der Waals surface area (Å²) in [4.78, 5) is 20.6. The first-order valence-electron chi connectivity index (χ1n) is 10.4. The van der Waals surface area contributed by atoms with Gasteiger partial charge in [-0.2, -0.15) is 5.10 Å². The monoisotopic (exact) mass is 437 g/mol. The summed E-state index contributed by atoms with van der Waals surface area (Å²) in [6.07, 6.45) is 0.862. The Morgan fingerprint density at radius 3 is 2.44 bits per heavy atom. The molecule has 3 aromatic rings. The molecule has 1 amide bonds. The van der Waals surface area contributed by atoms with Gasteiger partial charge >= 0.3 is 6.09 Å². The third-order valence-electron chi connectivity index (χ3n) is 4.78. The van der Waals surface area contributed by atoms with Gasteiger partial charge in [0.15, 0.2) is 5.65 Å². The van der Waals surface area contributed by atoms with E-state index in [1.165, 1.54) is 6.33 Å². The Morgan fingerprint density at radius 1 is 1.16 bits per heavy atom. The lowest BCUT2D eigenvalue weighted by Gasteiger charge is -2.27. The van der Waals surface area contributed by atoms with Gasteiger partial charge in [0, 0.05) is 12.1 Å². The number of nitrogens with two attached hydrogens (primary N) is 1. The molecular weight excluding hydrogens is 406 g/mol. The minimum absolute atomic E-state index is 0.330. The van der Waals surface area contributed by atoms with Crippen molar-refractivity contribution in [3.05, 3.63) is 48.6 Å². The first-order valence-corrected chi connectivity index (χ1v) is 10.4. The van der Waals surface area contributed by atoms with E-state index >= 15 is 0 Å². The van der Waals surface area contributed by atoms with Crippen molar-refractivity contribution in [2.75, 3.05) is 12.3 Å². The Bertz CT molecular complexity index is 1140. The average Bonchev–Trinajstić information content (AvgIpc) is 3.07. The number of alkyl carbamates (subject to hydrolysis) is 1. The van der Waals surface area contributed by atoms with Crippen LogP contribution in [0.1, 0.15) is 40.2 Å². The molecule has 2 heterocycles. The number of ether oxygens (including phenoxy) is 1. The number of hydrogen-bond donors (Lipinski definition) is 3. The maximum absolute atomic E-state index is 12.0. The summed E-state index contributed by atoms with van der Waals surface area (Å²) < 4.78 is 7.08. The molecular formula is C23H31N7O2. The molecule has 0 unspecified atom stereocenters. The summed E-state index contributed by atoms with van der Waals surface area (Å²) in [7, 11) is 0. The molecule has 0 atom stereocenters. The van der Waals surface area contributed by atoms with Crippen molar-refractivity contribution < 1.29 is 9.53 Å². The number of carbonyl (C=O) groups is 1. The molecule has 1 aromatic carbocycles. The number of nitrogens with one attached hydrogen (secondary N) is 2. The van der Waals surface area contributed by atoms with Gasteiger partial charge in [-0.15, -0.1) is 0 Å². The van der Waals surface area contributed by atoms with Gasteiger partial charge in [0.25, 0.3) is 0 Å². The van der Waals surface area contributed by atoms with Crippen LogP contribution in [0.5, 0.6) is 0 Å². The quantitative estimate of drug-likeness (QED) is 0.538. The van der Waals surface area contributed by atoms with Crippen molar-refractivity contribution >= 4 is 22.9 Å². The molecule has 0 saturated carbocycles. The third kappa shape index (κ3) is 5.16. The van der Waals surface area contributed by atoms with Gasteiger partial charge in [0.2, 0.25) is 0 Å². The number of nitrogens with zero attached hydrogens (tertiary/aromatic N) is 4. The molecule has 0 spiro atoms. The van der Waals surface area contributed by atoms with E-state index < -0.39 is 17.2 Å². The second kappa shape index (κ2) is 8.49. The molecule has 4 N–H and O–H groups in total. The molecule has 0 bridgehead atoms. The van der Waals surface area contributed by atoms with Gasteiger partial charge in [-0.3, -0.25) is 5.32 Å². The second-order valence-corrected chi connectivity index (χ2v) is 9.36. The molecule has 0 aliphatic rings. The fourth-order valence-corrected chi connectivity index (χ4v) is 3.18. The Kier molecular flexibility index (Phi) is 6.11. The van der Waals surface area contributed by atoms with Gasteiger partial charge < -0.3 is 15.8 Å². The van der Waals surface area contributed by atoms with Gasteiger partial charge in [-0.1, -0.05) is 36.4 Å². The molecule has 170 valence electrons. The van der Waals surface area contributed by atoms with Crippen LogP contribution >= 0.6 is 0 Å². The number of amides is 1. The van der Waals surface area contributed by atoms with Crippen molar-refractivity contribution in [3.63, 3.8) is 0 Å². The van der Waals surface area contributed by atoms with E-state index in [4.69, 9.17) is 15.6 Å². The molecule has 0 aliphatic carbocycles. The molecule has 0 fully saturated rings. The van der Waals surface area contributed by atoms with Crippen molar-refractivity contribution in [2.24, 2.45) is 0 Å². The van der Waals surface area contributed by atoms with Crippen LogP contribution in [-0.4, -0.2) is 38.0 Å². The number of carbonyl (C=O) groups excluding carboxylic acids is 1. The number of fused-ring (bicyclic) bond motifs is 1. The first-order chi connectivity index (χ1) is 14.9. The van der Waals surface area contributed by atoms with Crippen LogP contribution in [-0.2, 0) is 10.3 Å².